The van der Waals surface area contributed by atoms with Crippen molar-refractivity contribution in [1.82, 2.24) is 14.8 Å². The van der Waals surface area contributed by atoms with Crippen molar-refractivity contribution < 1.29 is 5.11 Å². The Hall–Kier alpha value is -1.37. The van der Waals surface area contributed by atoms with Gasteiger partial charge in [0, 0.05) is 19.2 Å². The van der Waals surface area contributed by atoms with Crippen LogP contribution in [0, 0.1) is 0 Å². The van der Waals surface area contributed by atoms with Gasteiger partial charge in [0.15, 0.2) is 5.16 Å². The lowest BCUT2D eigenvalue weighted by Gasteiger charge is -2.10. The summed E-state index contributed by atoms with van der Waals surface area (Å²) in [4.78, 5) is 0. The molecule has 0 unspecified atom stereocenters. The van der Waals surface area contributed by atoms with Gasteiger partial charge in [-0.2, -0.15) is 0 Å². The Bertz CT molecular complexity index is 515. The number of aliphatic hydroxyl groups excluding tert-OH is 1. The first kappa shape index (κ1) is 14.0. The van der Waals surface area contributed by atoms with E-state index >= 15 is 0 Å². The summed E-state index contributed by atoms with van der Waals surface area (Å²) < 4.78 is 1.93. The first-order valence-electron chi connectivity index (χ1n) is 6.16. The van der Waals surface area contributed by atoms with Crippen LogP contribution in [0.3, 0.4) is 0 Å². The number of thioether (sulfide) groups is 1. The van der Waals surface area contributed by atoms with Gasteiger partial charge >= 0.3 is 0 Å². The zero-order chi connectivity index (χ0) is 13.7. The highest BCUT2D eigenvalue weighted by molar-refractivity contribution is 7.99. The molecule has 0 aliphatic heterocycles. The number of rotatable bonds is 6. The molecule has 0 aliphatic carbocycles. The van der Waals surface area contributed by atoms with E-state index in [1.54, 1.807) is 0 Å². The average molecular weight is 278 g/mol. The lowest BCUT2D eigenvalue weighted by molar-refractivity contribution is 0.204. The molecule has 0 spiro atoms. The van der Waals surface area contributed by atoms with E-state index < -0.39 is 6.10 Å². The lowest BCUT2D eigenvalue weighted by Crippen LogP contribution is -2.08. The molecule has 2 aromatic rings. The highest BCUT2D eigenvalue weighted by Gasteiger charge is 2.12. The minimum absolute atomic E-state index is 0.499. The van der Waals surface area contributed by atoms with Gasteiger partial charge in [-0.05, 0) is 12.1 Å². The van der Waals surface area contributed by atoms with Gasteiger partial charge in [0.1, 0.15) is 5.82 Å². The molecule has 3 N–H and O–H groups in total. The van der Waals surface area contributed by atoms with E-state index in [-0.39, 0.29) is 0 Å². The molecule has 0 bridgehead atoms. The number of aromatic nitrogens is 3. The van der Waals surface area contributed by atoms with Crippen molar-refractivity contribution in [3.05, 3.63) is 41.7 Å². The van der Waals surface area contributed by atoms with Crippen molar-refractivity contribution in [2.75, 3.05) is 12.3 Å². The standard InChI is InChI=1S/C13H18N4OS/c1-17-12(7-8-14)15-16-13(17)19-9-11(18)10-5-3-2-4-6-10/h2-6,11,18H,7-9,14H2,1H3/t11-/m1/s1. The third kappa shape index (κ3) is 3.56. The number of aliphatic hydroxyl groups is 1. The summed E-state index contributed by atoms with van der Waals surface area (Å²) in [5, 5.41) is 19.1. The monoisotopic (exact) mass is 278 g/mol. The maximum atomic E-state index is 10.1. The van der Waals surface area contributed by atoms with Gasteiger partial charge in [-0.1, -0.05) is 42.1 Å². The summed E-state index contributed by atoms with van der Waals surface area (Å²) in [7, 11) is 1.92. The molecule has 0 fully saturated rings. The van der Waals surface area contributed by atoms with Crippen molar-refractivity contribution in [2.24, 2.45) is 12.8 Å². The first-order valence-corrected chi connectivity index (χ1v) is 7.15. The Morgan fingerprint density at radius 1 is 1.32 bits per heavy atom. The van der Waals surface area contributed by atoms with Crippen molar-refractivity contribution in [2.45, 2.75) is 17.7 Å². The topological polar surface area (TPSA) is 77.0 Å². The van der Waals surface area contributed by atoms with Gasteiger partial charge in [-0.15, -0.1) is 10.2 Å². The molecule has 102 valence electrons. The molecular formula is C13H18N4OS. The van der Waals surface area contributed by atoms with Crippen LogP contribution in [0.5, 0.6) is 0 Å². The van der Waals surface area contributed by atoms with Crippen LogP contribution in [0.4, 0.5) is 0 Å². The van der Waals surface area contributed by atoms with Crippen molar-refractivity contribution in [3.63, 3.8) is 0 Å². The van der Waals surface area contributed by atoms with Crippen LogP contribution in [0.2, 0.25) is 0 Å². The molecular weight excluding hydrogens is 260 g/mol. The SMILES string of the molecule is Cn1c(CCN)nnc1SC[C@@H](O)c1ccccc1. The van der Waals surface area contributed by atoms with E-state index in [1.807, 2.05) is 41.9 Å². The highest BCUT2D eigenvalue weighted by atomic mass is 32.2. The maximum Gasteiger partial charge on any atom is 0.191 e. The van der Waals surface area contributed by atoms with Crippen LogP contribution < -0.4 is 5.73 Å². The summed E-state index contributed by atoms with van der Waals surface area (Å²) >= 11 is 1.50. The second-order valence-electron chi connectivity index (χ2n) is 4.23. The third-order valence-electron chi connectivity index (χ3n) is 2.85. The van der Waals surface area contributed by atoms with Gasteiger partial charge in [0.25, 0.3) is 0 Å². The second kappa shape index (κ2) is 6.70. The van der Waals surface area contributed by atoms with Crippen LogP contribution >= 0.6 is 11.8 Å². The number of benzene rings is 1. The molecule has 0 aliphatic rings. The Morgan fingerprint density at radius 3 is 2.74 bits per heavy atom. The Labute approximate surface area is 116 Å². The van der Waals surface area contributed by atoms with Gasteiger partial charge in [-0.25, -0.2) is 0 Å². The van der Waals surface area contributed by atoms with Gasteiger partial charge in [0.05, 0.1) is 6.10 Å². The molecule has 2 rings (SSSR count). The molecule has 6 heteroatoms. The highest BCUT2D eigenvalue weighted by Crippen LogP contribution is 2.23. The average Bonchev–Trinajstić information content (AvgIpc) is 2.79. The van der Waals surface area contributed by atoms with E-state index in [2.05, 4.69) is 10.2 Å². The summed E-state index contributed by atoms with van der Waals surface area (Å²) in [6.45, 7) is 0.559. The summed E-state index contributed by atoms with van der Waals surface area (Å²) in [6, 6.07) is 9.62. The van der Waals surface area contributed by atoms with Crippen molar-refractivity contribution in [3.8, 4) is 0 Å². The van der Waals surface area contributed by atoms with E-state index in [0.29, 0.717) is 18.7 Å². The third-order valence-corrected chi connectivity index (χ3v) is 3.94. The number of hydrogen-bond donors (Lipinski definition) is 2. The first-order chi connectivity index (χ1) is 9.22. The summed E-state index contributed by atoms with van der Waals surface area (Å²) in [5.41, 5.74) is 6.43. The van der Waals surface area contributed by atoms with Crippen LogP contribution in [-0.2, 0) is 13.5 Å². The molecule has 0 saturated carbocycles. The normalized spacial score (nSPS) is 12.6. The molecule has 5 nitrogen and oxygen atoms in total. The lowest BCUT2D eigenvalue weighted by atomic mass is 10.1. The predicted molar refractivity (Wildman–Crippen MR) is 75.9 cm³/mol. The fraction of sp³-hybridized carbons (Fsp3) is 0.385. The van der Waals surface area contributed by atoms with Crippen LogP contribution in [0.15, 0.2) is 35.5 Å². The molecule has 0 amide bonds. The Morgan fingerprint density at radius 2 is 2.05 bits per heavy atom. The maximum absolute atomic E-state index is 10.1. The van der Waals surface area contributed by atoms with Crippen LogP contribution in [0.25, 0.3) is 0 Å². The second-order valence-corrected chi connectivity index (χ2v) is 5.22. The Balaban J connectivity index is 1.95. The fourth-order valence-corrected chi connectivity index (χ4v) is 2.64. The van der Waals surface area contributed by atoms with E-state index in [1.165, 1.54) is 11.8 Å². The van der Waals surface area contributed by atoms with Gasteiger partial charge in [-0.3, -0.25) is 0 Å². The molecule has 19 heavy (non-hydrogen) atoms. The molecule has 0 saturated heterocycles. The van der Waals surface area contributed by atoms with Gasteiger partial charge < -0.3 is 15.4 Å². The number of nitrogens with two attached hydrogens (primary N) is 1. The van der Waals surface area contributed by atoms with E-state index in [0.717, 1.165) is 16.5 Å². The molecule has 0 radical (unpaired) electrons. The van der Waals surface area contributed by atoms with Crippen molar-refractivity contribution in [1.29, 1.82) is 0 Å². The fourth-order valence-electron chi connectivity index (χ4n) is 1.74. The zero-order valence-electron chi connectivity index (χ0n) is 10.9. The predicted octanol–water partition coefficient (Wildman–Crippen LogP) is 1.14. The van der Waals surface area contributed by atoms with E-state index in [9.17, 15) is 5.11 Å². The van der Waals surface area contributed by atoms with E-state index in [4.69, 9.17) is 5.73 Å². The molecule has 1 heterocycles. The summed E-state index contributed by atoms with van der Waals surface area (Å²) in [6.07, 6.45) is 0.214. The molecule has 1 atom stereocenters. The Kier molecular flexibility index (Phi) is 4.95. The van der Waals surface area contributed by atoms with Crippen molar-refractivity contribution >= 4 is 11.8 Å². The summed E-state index contributed by atoms with van der Waals surface area (Å²) in [5.74, 6) is 1.43. The zero-order valence-corrected chi connectivity index (χ0v) is 11.7. The van der Waals surface area contributed by atoms with Gasteiger partial charge in [0.2, 0.25) is 0 Å². The number of nitrogens with zero attached hydrogens (tertiary/aromatic N) is 3. The number of hydrogen-bond acceptors (Lipinski definition) is 5. The minimum atomic E-state index is -0.499. The molecule has 1 aromatic carbocycles. The quantitative estimate of drug-likeness (QED) is 0.775. The smallest absolute Gasteiger partial charge is 0.191 e. The van der Waals surface area contributed by atoms with Crippen LogP contribution in [-0.4, -0.2) is 32.2 Å². The molecule has 1 aromatic heterocycles. The largest absolute Gasteiger partial charge is 0.388 e. The van der Waals surface area contributed by atoms with Crippen LogP contribution in [0.1, 0.15) is 17.5 Å². The minimum Gasteiger partial charge on any atom is -0.388 e.